The van der Waals surface area contributed by atoms with Crippen LogP contribution >= 0.6 is 27.5 Å². The first-order valence-electron chi connectivity index (χ1n) is 8.37. The van der Waals surface area contributed by atoms with Gasteiger partial charge in [-0.15, -0.1) is 0 Å². The van der Waals surface area contributed by atoms with Crippen LogP contribution in [0, 0.1) is 13.8 Å². The summed E-state index contributed by atoms with van der Waals surface area (Å²) >= 11 is 9.03. The summed E-state index contributed by atoms with van der Waals surface area (Å²) in [7, 11) is 0. The number of nitrogens with one attached hydrogen (secondary N) is 1. The zero-order valence-corrected chi connectivity index (χ0v) is 17.7. The molecule has 156 valence electrons. The number of amides is 1. The van der Waals surface area contributed by atoms with E-state index < -0.39 is 41.2 Å². The average molecular weight is 489 g/mol. The van der Waals surface area contributed by atoms with E-state index in [4.69, 9.17) is 11.6 Å². The van der Waals surface area contributed by atoms with Crippen molar-refractivity contribution in [3.8, 4) is 0 Å². The molecule has 2 heterocycles. The molecule has 6 nitrogen and oxygen atoms in total. The highest BCUT2D eigenvalue weighted by molar-refractivity contribution is 9.10. The number of nitrogens with zero attached hydrogens (tertiary/aromatic N) is 4. The fourth-order valence-electron chi connectivity index (χ4n) is 2.67. The molecule has 2 rings (SSSR count). The van der Waals surface area contributed by atoms with Gasteiger partial charge in [-0.05, 0) is 43.1 Å². The predicted molar refractivity (Wildman–Crippen MR) is 98.9 cm³/mol. The van der Waals surface area contributed by atoms with Gasteiger partial charge in [0.05, 0.1) is 15.2 Å². The molecule has 28 heavy (non-hydrogen) atoms. The van der Waals surface area contributed by atoms with Crippen LogP contribution < -0.4 is 5.32 Å². The summed E-state index contributed by atoms with van der Waals surface area (Å²) in [6.45, 7) is 5.84. The van der Waals surface area contributed by atoms with E-state index in [1.807, 2.05) is 13.8 Å². The number of hydrogen-bond donors (Lipinski definition) is 1. The maximum atomic E-state index is 13.2. The first kappa shape index (κ1) is 22.7. The summed E-state index contributed by atoms with van der Waals surface area (Å²) in [4.78, 5) is 12.3. The number of aryl methyl sites for hydroxylation is 2. The number of hydrogen-bond acceptors (Lipinski definition) is 3. The molecule has 0 saturated heterocycles. The molecule has 0 radical (unpaired) electrons. The van der Waals surface area contributed by atoms with Crippen molar-refractivity contribution in [2.75, 3.05) is 6.54 Å². The van der Waals surface area contributed by atoms with E-state index in [9.17, 15) is 22.4 Å². The van der Waals surface area contributed by atoms with Crippen molar-refractivity contribution >= 4 is 33.4 Å². The van der Waals surface area contributed by atoms with Crippen LogP contribution in [0.25, 0.3) is 0 Å². The van der Waals surface area contributed by atoms with Crippen molar-refractivity contribution in [2.24, 2.45) is 0 Å². The van der Waals surface area contributed by atoms with E-state index in [0.29, 0.717) is 17.6 Å². The van der Waals surface area contributed by atoms with Crippen molar-refractivity contribution in [2.45, 2.75) is 52.6 Å². The van der Waals surface area contributed by atoms with Gasteiger partial charge in [-0.3, -0.25) is 9.48 Å². The number of halogens is 6. The average Bonchev–Trinajstić information content (AvgIpc) is 3.10. The third kappa shape index (κ3) is 4.68. The lowest BCUT2D eigenvalue weighted by molar-refractivity contribution is -0.124. The minimum atomic E-state index is -3.15. The van der Waals surface area contributed by atoms with Gasteiger partial charge in [0.25, 0.3) is 12.9 Å². The Labute approximate surface area is 172 Å². The van der Waals surface area contributed by atoms with E-state index in [0.717, 1.165) is 15.9 Å². The summed E-state index contributed by atoms with van der Waals surface area (Å²) in [5, 5.41) is 9.54. The predicted octanol–water partition coefficient (Wildman–Crippen LogP) is 4.76. The third-order valence-electron chi connectivity index (χ3n) is 4.21. The summed E-state index contributed by atoms with van der Waals surface area (Å²) in [5.41, 5.74) is -0.0663. The van der Waals surface area contributed by atoms with Crippen molar-refractivity contribution in [3.05, 3.63) is 32.3 Å². The first-order valence-corrected chi connectivity index (χ1v) is 9.54. The highest BCUT2D eigenvalue weighted by Gasteiger charge is 2.31. The van der Waals surface area contributed by atoms with Gasteiger partial charge in [-0.25, -0.2) is 22.2 Å². The Morgan fingerprint density at radius 1 is 1.21 bits per heavy atom. The molecule has 1 amide bonds. The topological polar surface area (TPSA) is 64.7 Å². The van der Waals surface area contributed by atoms with Gasteiger partial charge in [-0.1, -0.05) is 11.6 Å². The largest absolute Gasteiger partial charge is 0.354 e. The standard InChI is InChI=1S/C16H19BrClF4N5O/c1-7-10(17)8(2)26(24-7)6-4-5-23-16(28)9(3)27-13(15(21)22)11(18)12(25-27)14(19)20/h9,14-15H,4-6H2,1-3H3,(H,23,28). The van der Waals surface area contributed by atoms with Gasteiger partial charge in [0, 0.05) is 18.8 Å². The van der Waals surface area contributed by atoms with Crippen LogP contribution in [0.4, 0.5) is 17.6 Å². The molecule has 1 atom stereocenters. The maximum absolute atomic E-state index is 13.2. The maximum Gasteiger partial charge on any atom is 0.283 e. The van der Waals surface area contributed by atoms with E-state index in [-0.39, 0.29) is 6.54 Å². The number of rotatable bonds is 8. The molecule has 0 aliphatic carbocycles. The normalized spacial score (nSPS) is 12.8. The van der Waals surface area contributed by atoms with E-state index in [2.05, 4.69) is 31.4 Å². The molecular weight excluding hydrogens is 470 g/mol. The molecule has 1 N–H and O–H groups in total. The zero-order chi connectivity index (χ0) is 21.2. The van der Waals surface area contributed by atoms with Crippen molar-refractivity contribution < 1.29 is 22.4 Å². The summed E-state index contributed by atoms with van der Waals surface area (Å²) in [5.74, 6) is -0.628. The van der Waals surface area contributed by atoms with Crippen LogP contribution in [0.3, 0.4) is 0 Å². The molecule has 0 bridgehead atoms. The van der Waals surface area contributed by atoms with E-state index >= 15 is 0 Å². The van der Waals surface area contributed by atoms with Crippen LogP contribution in [0.2, 0.25) is 5.02 Å². The second-order valence-corrected chi connectivity index (χ2v) is 7.33. The van der Waals surface area contributed by atoms with Crippen LogP contribution in [0.15, 0.2) is 4.47 Å². The molecule has 0 aliphatic rings. The van der Waals surface area contributed by atoms with Crippen LogP contribution in [-0.2, 0) is 11.3 Å². The first-order chi connectivity index (χ1) is 13.1. The van der Waals surface area contributed by atoms with Crippen molar-refractivity contribution in [1.82, 2.24) is 24.9 Å². The van der Waals surface area contributed by atoms with E-state index in [1.54, 1.807) is 4.68 Å². The Morgan fingerprint density at radius 2 is 1.86 bits per heavy atom. The van der Waals surface area contributed by atoms with Gasteiger partial charge in [-0.2, -0.15) is 10.2 Å². The Balaban J connectivity index is 2.01. The molecule has 1 unspecified atom stereocenters. The molecule has 12 heteroatoms. The van der Waals surface area contributed by atoms with E-state index in [1.165, 1.54) is 6.92 Å². The third-order valence-corrected chi connectivity index (χ3v) is 5.75. The molecule has 0 aromatic carbocycles. The lowest BCUT2D eigenvalue weighted by Crippen LogP contribution is -2.33. The van der Waals surface area contributed by atoms with Crippen LogP contribution in [0.1, 0.15) is 55.0 Å². The molecule has 0 fully saturated rings. The minimum absolute atomic E-state index is 0.250. The number of alkyl halides is 4. The number of aromatic nitrogens is 4. The summed E-state index contributed by atoms with van der Waals surface area (Å²) in [6.07, 6.45) is -5.73. The molecule has 0 spiro atoms. The minimum Gasteiger partial charge on any atom is -0.354 e. The molecular formula is C16H19BrClF4N5O. The van der Waals surface area contributed by atoms with Gasteiger partial charge < -0.3 is 5.32 Å². The van der Waals surface area contributed by atoms with Crippen LogP contribution in [-0.4, -0.2) is 32.0 Å². The number of carbonyl (C=O) groups excluding carboxylic acids is 1. The highest BCUT2D eigenvalue weighted by Crippen LogP contribution is 2.36. The zero-order valence-electron chi connectivity index (χ0n) is 15.3. The van der Waals surface area contributed by atoms with Crippen molar-refractivity contribution in [1.29, 1.82) is 0 Å². The van der Waals surface area contributed by atoms with Gasteiger partial charge >= 0.3 is 0 Å². The van der Waals surface area contributed by atoms with Gasteiger partial charge in [0.1, 0.15) is 17.4 Å². The molecule has 0 aliphatic heterocycles. The Hall–Kier alpha value is -1.62. The highest BCUT2D eigenvalue weighted by atomic mass is 79.9. The van der Waals surface area contributed by atoms with Crippen molar-refractivity contribution in [3.63, 3.8) is 0 Å². The molecule has 2 aromatic heterocycles. The fraction of sp³-hybridized carbons (Fsp3) is 0.562. The SMILES string of the molecule is Cc1nn(CCCNC(=O)C(C)n2nc(C(F)F)c(Cl)c2C(F)F)c(C)c1Br. The van der Waals surface area contributed by atoms with Crippen LogP contribution in [0.5, 0.6) is 0 Å². The smallest absolute Gasteiger partial charge is 0.283 e. The molecule has 0 saturated carbocycles. The second-order valence-electron chi connectivity index (χ2n) is 6.16. The number of carbonyl (C=O) groups is 1. The monoisotopic (exact) mass is 487 g/mol. The fourth-order valence-corrected chi connectivity index (χ4v) is 3.24. The quantitative estimate of drug-likeness (QED) is 0.431. The second kappa shape index (κ2) is 9.25. The summed E-state index contributed by atoms with van der Waals surface area (Å²) < 4.78 is 55.5. The Kier molecular flexibility index (Phi) is 7.49. The summed E-state index contributed by atoms with van der Waals surface area (Å²) in [6, 6.07) is -1.23. The lowest BCUT2D eigenvalue weighted by Gasteiger charge is -2.15. The molecule has 2 aromatic rings. The Morgan fingerprint density at radius 3 is 2.36 bits per heavy atom. The van der Waals surface area contributed by atoms with Gasteiger partial charge in [0.15, 0.2) is 0 Å². The lowest BCUT2D eigenvalue weighted by atomic mass is 10.3. The Bertz CT molecular complexity index is 855. The van der Waals surface area contributed by atoms with Gasteiger partial charge in [0.2, 0.25) is 5.91 Å².